The highest BCUT2D eigenvalue weighted by atomic mass is 35.5. The first-order chi connectivity index (χ1) is 12.1. The summed E-state index contributed by atoms with van der Waals surface area (Å²) in [5.74, 6) is -0.846. The van der Waals surface area contributed by atoms with Gasteiger partial charge in [0.05, 0.1) is 12.7 Å². The fourth-order valence-corrected chi connectivity index (χ4v) is 3.47. The second-order valence-corrected chi connectivity index (χ2v) is 7.59. The number of aromatic nitrogens is 2. The Morgan fingerprint density at radius 1 is 1.37 bits per heavy atom. The number of sulfonamides is 1. The number of nitrogens with one attached hydrogen (secondary N) is 3. The van der Waals surface area contributed by atoms with Crippen LogP contribution in [0, 0.1) is 0 Å². The summed E-state index contributed by atoms with van der Waals surface area (Å²) in [5, 5.41) is 8.82. The second kappa shape index (κ2) is 9.68. The topological polar surface area (TPSA) is 108 Å². The van der Waals surface area contributed by atoms with E-state index in [9.17, 15) is 26.4 Å². The summed E-state index contributed by atoms with van der Waals surface area (Å²) < 4.78 is 66.9. The Bertz CT molecular complexity index is 721. The SMILES string of the molecule is Cl.Cn1cc(S(=O)(=O)NCC(=O)NCC(N2CCNCC2)C(F)(F)F)cn1. The Kier molecular flexibility index (Phi) is 8.48. The van der Waals surface area contributed by atoms with Gasteiger partial charge in [0.15, 0.2) is 0 Å². The molecule has 156 valence electrons. The van der Waals surface area contributed by atoms with Gasteiger partial charge in [0, 0.05) is 46.0 Å². The summed E-state index contributed by atoms with van der Waals surface area (Å²) in [4.78, 5) is 12.9. The lowest BCUT2D eigenvalue weighted by molar-refractivity contribution is -0.184. The molecule has 1 aliphatic heterocycles. The number of carbonyl (C=O) groups is 1. The summed E-state index contributed by atoms with van der Waals surface area (Å²) in [6.45, 7) is -0.00143. The van der Waals surface area contributed by atoms with E-state index in [0.717, 1.165) is 6.20 Å². The maximum atomic E-state index is 13.2. The van der Waals surface area contributed by atoms with Crippen molar-refractivity contribution in [3.05, 3.63) is 12.4 Å². The predicted octanol–water partition coefficient (Wildman–Crippen LogP) is -0.927. The van der Waals surface area contributed by atoms with Crippen LogP contribution in [0.3, 0.4) is 0 Å². The normalized spacial score (nSPS) is 17.2. The van der Waals surface area contributed by atoms with Gasteiger partial charge in [-0.25, -0.2) is 13.1 Å². The van der Waals surface area contributed by atoms with Crippen LogP contribution in [0.15, 0.2) is 17.3 Å². The van der Waals surface area contributed by atoms with Gasteiger partial charge in [0.1, 0.15) is 10.9 Å². The molecule has 0 saturated carbocycles. The van der Waals surface area contributed by atoms with E-state index < -0.39 is 41.2 Å². The molecule has 1 amide bonds. The van der Waals surface area contributed by atoms with E-state index in [0.29, 0.717) is 13.1 Å². The molecule has 1 unspecified atom stereocenters. The molecule has 2 rings (SSSR count). The summed E-state index contributed by atoms with van der Waals surface area (Å²) in [6, 6.07) is -1.82. The number of nitrogens with zero attached hydrogens (tertiary/aromatic N) is 3. The third kappa shape index (κ3) is 6.92. The molecule has 0 aromatic carbocycles. The lowest BCUT2D eigenvalue weighted by atomic mass is 10.2. The number of hydrogen-bond donors (Lipinski definition) is 3. The van der Waals surface area contributed by atoms with Gasteiger partial charge in [0.2, 0.25) is 15.9 Å². The Hall–Kier alpha value is -1.41. The zero-order chi connectivity index (χ0) is 19.4. The number of hydrogen-bond acceptors (Lipinski definition) is 6. The molecule has 9 nitrogen and oxygen atoms in total. The van der Waals surface area contributed by atoms with Crippen LogP contribution in [0.1, 0.15) is 0 Å². The Morgan fingerprint density at radius 3 is 2.52 bits per heavy atom. The fourth-order valence-electron chi connectivity index (χ4n) is 2.50. The average Bonchev–Trinajstić information content (AvgIpc) is 3.00. The number of amides is 1. The van der Waals surface area contributed by atoms with Crippen molar-refractivity contribution < 1.29 is 26.4 Å². The molecule has 1 aromatic rings. The van der Waals surface area contributed by atoms with Gasteiger partial charge in [0.25, 0.3) is 0 Å². The van der Waals surface area contributed by atoms with Gasteiger partial charge >= 0.3 is 6.18 Å². The van der Waals surface area contributed by atoms with Crippen LogP contribution < -0.4 is 15.4 Å². The molecular formula is C13H22ClF3N6O3S. The summed E-state index contributed by atoms with van der Waals surface area (Å²) >= 11 is 0. The van der Waals surface area contributed by atoms with Crippen molar-refractivity contribution in [2.75, 3.05) is 39.3 Å². The molecule has 14 heteroatoms. The minimum atomic E-state index is -4.50. The van der Waals surface area contributed by atoms with E-state index in [1.165, 1.54) is 22.8 Å². The average molecular weight is 435 g/mol. The number of aryl methyl sites for hydroxylation is 1. The number of halogens is 4. The third-order valence-corrected chi connectivity index (χ3v) is 5.23. The van der Waals surface area contributed by atoms with Crippen molar-refractivity contribution >= 4 is 28.3 Å². The maximum absolute atomic E-state index is 13.2. The van der Waals surface area contributed by atoms with Crippen molar-refractivity contribution in [1.82, 2.24) is 30.0 Å². The molecule has 1 aromatic heterocycles. The highest BCUT2D eigenvalue weighted by molar-refractivity contribution is 7.89. The highest BCUT2D eigenvalue weighted by Gasteiger charge is 2.43. The molecule has 0 bridgehead atoms. The quantitative estimate of drug-likeness (QED) is 0.512. The smallest absolute Gasteiger partial charge is 0.353 e. The second-order valence-electron chi connectivity index (χ2n) is 5.82. The number of rotatable bonds is 7. The van der Waals surface area contributed by atoms with Crippen LogP contribution >= 0.6 is 12.4 Å². The van der Waals surface area contributed by atoms with Crippen LogP contribution in [0.4, 0.5) is 13.2 Å². The van der Waals surface area contributed by atoms with Crippen LogP contribution in [0.5, 0.6) is 0 Å². The first-order valence-corrected chi connectivity index (χ1v) is 9.34. The summed E-state index contributed by atoms with van der Waals surface area (Å²) in [6.07, 6.45) is -2.16. The van der Waals surface area contributed by atoms with Crippen LogP contribution in [0.2, 0.25) is 0 Å². The van der Waals surface area contributed by atoms with E-state index in [4.69, 9.17) is 0 Å². The van der Waals surface area contributed by atoms with Crippen LogP contribution in [-0.2, 0) is 21.9 Å². The van der Waals surface area contributed by atoms with Crippen LogP contribution in [0.25, 0.3) is 0 Å². The van der Waals surface area contributed by atoms with E-state index in [2.05, 4.69) is 15.7 Å². The predicted molar refractivity (Wildman–Crippen MR) is 92.9 cm³/mol. The van der Waals surface area contributed by atoms with Crippen molar-refractivity contribution in [1.29, 1.82) is 0 Å². The Morgan fingerprint density at radius 2 is 2.00 bits per heavy atom. The Balaban J connectivity index is 0.00000364. The standard InChI is InChI=1S/C13H21F3N6O3S.ClH/c1-21-9-10(6-19-21)26(24,25)20-8-12(23)18-7-11(13(14,15)16)22-4-2-17-3-5-22;/h6,9,11,17,20H,2-5,7-8H2,1H3,(H,18,23);1H. The largest absolute Gasteiger partial charge is 0.405 e. The van der Waals surface area contributed by atoms with Gasteiger partial charge in [-0.05, 0) is 0 Å². The van der Waals surface area contributed by atoms with E-state index in [-0.39, 0.29) is 30.4 Å². The fraction of sp³-hybridized carbons (Fsp3) is 0.692. The van der Waals surface area contributed by atoms with E-state index >= 15 is 0 Å². The van der Waals surface area contributed by atoms with Gasteiger partial charge in [-0.1, -0.05) is 0 Å². The molecule has 1 atom stereocenters. The van der Waals surface area contributed by atoms with E-state index in [1.807, 2.05) is 4.72 Å². The van der Waals surface area contributed by atoms with Crippen molar-refractivity contribution in [2.24, 2.45) is 7.05 Å². The molecule has 1 aliphatic rings. The monoisotopic (exact) mass is 434 g/mol. The maximum Gasteiger partial charge on any atom is 0.405 e. The van der Waals surface area contributed by atoms with Crippen molar-refractivity contribution in [2.45, 2.75) is 17.1 Å². The van der Waals surface area contributed by atoms with Gasteiger partial charge < -0.3 is 10.6 Å². The first-order valence-electron chi connectivity index (χ1n) is 7.86. The molecule has 1 saturated heterocycles. The minimum Gasteiger partial charge on any atom is -0.353 e. The molecule has 0 spiro atoms. The zero-order valence-corrected chi connectivity index (χ0v) is 16.1. The van der Waals surface area contributed by atoms with Gasteiger partial charge in [-0.2, -0.15) is 18.3 Å². The molecule has 2 heterocycles. The highest BCUT2D eigenvalue weighted by Crippen LogP contribution is 2.24. The van der Waals surface area contributed by atoms with E-state index in [1.54, 1.807) is 0 Å². The molecule has 0 radical (unpaired) electrons. The first kappa shape index (κ1) is 23.6. The van der Waals surface area contributed by atoms with Gasteiger partial charge in [-0.15, -0.1) is 12.4 Å². The number of alkyl halides is 3. The lowest BCUT2D eigenvalue weighted by Crippen LogP contribution is -2.58. The molecular weight excluding hydrogens is 413 g/mol. The van der Waals surface area contributed by atoms with Crippen LogP contribution in [-0.4, -0.2) is 80.5 Å². The number of piperazine rings is 1. The minimum absolute atomic E-state index is 0. The lowest BCUT2D eigenvalue weighted by Gasteiger charge is -2.35. The zero-order valence-electron chi connectivity index (χ0n) is 14.5. The van der Waals surface area contributed by atoms with Crippen molar-refractivity contribution in [3.63, 3.8) is 0 Å². The summed E-state index contributed by atoms with van der Waals surface area (Å²) in [7, 11) is -2.43. The molecule has 3 N–H and O–H groups in total. The Labute approximate surface area is 161 Å². The molecule has 0 aliphatic carbocycles. The third-order valence-electron chi connectivity index (χ3n) is 3.88. The van der Waals surface area contributed by atoms with Gasteiger partial charge in [-0.3, -0.25) is 14.4 Å². The molecule has 1 fully saturated rings. The number of carbonyl (C=O) groups excluding carboxylic acids is 1. The summed E-state index contributed by atoms with van der Waals surface area (Å²) in [5.41, 5.74) is 0. The van der Waals surface area contributed by atoms with Crippen molar-refractivity contribution in [3.8, 4) is 0 Å². The molecule has 27 heavy (non-hydrogen) atoms.